The molecule has 2 heterocycles. The highest BCUT2D eigenvalue weighted by Gasteiger charge is 2.19. The number of thiophene rings is 1. The van der Waals surface area contributed by atoms with Gasteiger partial charge in [-0.25, -0.2) is 13.1 Å². The SMILES string of the molecule is Nc1[nH]ncc1S(=O)(=O)NCc1sccc1Br. The van der Waals surface area contributed by atoms with Gasteiger partial charge in [0.25, 0.3) is 0 Å². The van der Waals surface area contributed by atoms with Crippen molar-refractivity contribution in [2.45, 2.75) is 11.4 Å². The lowest BCUT2D eigenvalue weighted by Gasteiger charge is -2.04. The molecule has 92 valence electrons. The number of anilines is 1. The highest BCUT2D eigenvalue weighted by molar-refractivity contribution is 9.10. The minimum Gasteiger partial charge on any atom is -0.383 e. The highest BCUT2D eigenvalue weighted by atomic mass is 79.9. The van der Waals surface area contributed by atoms with E-state index in [1.54, 1.807) is 0 Å². The second-order valence-corrected chi connectivity index (χ2v) is 6.75. The van der Waals surface area contributed by atoms with Crippen molar-refractivity contribution in [3.63, 3.8) is 0 Å². The molecule has 0 fully saturated rings. The maximum Gasteiger partial charge on any atom is 0.246 e. The summed E-state index contributed by atoms with van der Waals surface area (Å²) in [5.41, 5.74) is 5.46. The fraction of sp³-hybridized carbons (Fsp3) is 0.125. The molecular formula is C8H9BrN4O2S2. The molecule has 9 heteroatoms. The Kier molecular flexibility index (Phi) is 3.52. The first-order valence-electron chi connectivity index (χ1n) is 4.51. The largest absolute Gasteiger partial charge is 0.383 e. The molecule has 4 N–H and O–H groups in total. The van der Waals surface area contributed by atoms with Crippen LogP contribution in [0.25, 0.3) is 0 Å². The Morgan fingerprint density at radius 1 is 1.59 bits per heavy atom. The van der Waals surface area contributed by atoms with Crippen molar-refractivity contribution >= 4 is 43.1 Å². The van der Waals surface area contributed by atoms with Crippen LogP contribution in [0, 0.1) is 0 Å². The molecular weight excluding hydrogens is 328 g/mol. The standard InChI is InChI=1S/C8H9BrN4O2S2/c9-5-1-2-16-6(5)3-12-17(14,15)7-4-11-13-8(7)10/h1-2,4,12H,3H2,(H3,10,11,13). The van der Waals surface area contributed by atoms with Gasteiger partial charge in [-0.15, -0.1) is 11.3 Å². The maximum absolute atomic E-state index is 11.9. The molecule has 0 bridgehead atoms. The van der Waals surface area contributed by atoms with Crippen LogP contribution in [-0.4, -0.2) is 18.6 Å². The molecule has 0 aromatic carbocycles. The summed E-state index contributed by atoms with van der Waals surface area (Å²) in [6.07, 6.45) is 1.18. The Labute approximate surface area is 110 Å². The number of nitrogens with zero attached hydrogens (tertiary/aromatic N) is 1. The van der Waals surface area contributed by atoms with E-state index in [2.05, 4.69) is 30.8 Å². The summed E-state index contributed by atoms with van der Waals surface area (Å²) in [7, 11) is -3.62. The van der Waals surface area contributed by atoms with Crippen LogP contribution >= 0.6 is 27.3 Å². The van der Waals surface area contributed by atoms with Crippen molar-refractivity contribution in [3.8, 4) is 0 Å². The van der Waals surface area contributed by atoms with Gasteiger partial charge in [-0.1, -0.05) is 0 Å². The fourth-order valence-corrected chi connectivity index (χ4v) is 3.73. The van der Waals surface area contributed by atoms with Gasteiger partial charge in [-0.2, -0.15) is 5.10 Å². The van der Waals surface area contributed by atoms with E-state index < -0.39 is 10.0 Å². The quantitative estimate of drug-likeness (QED) is 0.783. The van der Waals surface area contributed by atoms with E-state index >= 15 is 0 Å². The fourth-order valence-electron chi connectivity index (χ4n) is 1.19. The van der Waals surface area contributed by atoms with Crippen molar-refractivity contribution in [3.05, 3.63) is 27.0 Å². The van der Waals surface area contributed by atoms with Crippen molar-refractivity contribution in [2.75, 3.05) is 5.73 Å². The highest BCUT2D eigenvalue weighted by Crippen LogP contribution is 2.23. The molecule has 0 atom stereocenters. The zero-order chi connectivity index (χ0) is 12.5. The Morgan fingerprint density at radius 2 is 2.35 bits per heavy atom. The lowest BCUT2D eigenvalue weighted by atomic mass is 10.5. The molecule has 0 aliphatic carbocycles. The van der Waals surface area contributed by atoms with Crippen LogP contribution in [0.3, 0.4) is 0 Å². The van der Waals surface area contributed by atoms with Crippen molar-refractivity contribution in [1.82, 2.24) is 14.9 Å². The summed E-state index contributed by atoms with van der Waals surface area (Å²) in [4.78, 5) is 0.862. The van der Waals surface area contributed by atoms with E-state index in [0.717, 1.165) is 9.35 Å². The van der Waals surface area contributed by atoms with Gasteiger partial charge in [0.15, 0.2) is 0 Å². The van der Waals surface area contributed by atoms with Crippen LogP contribution in [0.4, 0.5) is 5.82 Å². The van der Waals surface area contributed by atoms with E-state index in [1.165, 1.54) is 17.5 Å². The summed E-state index contributed by atoms with van der Waals surface area (Å²) in [6.45, 7) is 0.213. The molecule has 6 nitrogen and oxygen atoms in total. The van der Waals surface area contributed by atoms with E-state index in [-0.39, 0.29) is 17.3 Å². The smallest absolute Gasteiger partial charge is 0.246 e. The minimum atomic E-state index is -3.62. The number of hydrogen-bond donors (Lipinski definition) is 3. The number of nitrogen functional groups attached to an aromatic ring is 1. The van der Waals surface area contributed by atoms with Gasteiger partial charge in [-0.05, 0) is 27.4 Å². The van der Waals surface area contributed by atoms with Gasteiger partial charge in [0, 0.05) is 15.9 Å². The summed E-state index contributed by atoms with van der Waals surface area (Å²) in [5.74, 6) is 0.0303. The van der Waals surface area contributed by atoms with Crippen LogP contribution in [0.15, 0.2) is 27.0 Å². The number of H-pyrrole nitrogens is 1. The van der Waals surface area contributed by atoms with Crippen LogP contribution in [0.5, 0.6) is 0 Å². The average molecular weight is 337 g/mol. The molecule has 17 heavy (non-hydrogen) atoms. The normalized spacial score (nSPS) is 11.8. The molecule has 0 aliphatic rings. The van der Waals surface area contributed by atoms with Crippen LogP contribution < -0.4 is 10.5 Å². The number of hydrogen-bond acceptors (Lipinski definition) is 5. The summed E-state index contributed by atoms with van der Waals surface area (Å²) in [5, 5.41) is 7.83. The summed E-state index contributed by atoms with van der Waals surface area (Å²) in [6, 6.07) is 1.86. The maximum atomic E-state index is 11.9. The van der Waals surface area contributed by atoms with E-state index in [4.69, 9.17) is 5.73 Å². The molecule has 2 rings (SSSR count). The Balaban J connectivity index is 2.15. The molecule has 0 aliphatic heterocycles. The number of nitrogens with one attached hydrogen (secondary N) is 2. The van der Waals surface area contributed by atoms with Gasteiger partial charge in [0.1, 0.15) is 10.7 Å². The van der Waals surface area contributed by atoms with E-state index in [0.29, 0.717) is 0 Å². The van der Waals surface area contributed by atoms with Gasteiger partial charge in [0.2, 0.25) is 10.0 Å². The zero-order valence-electron chi connectivity index (χ0n) is 8.47. The molecule has 0 saturated carbocycles. The number of aromatic nitrogens is 2. The lowest BCUT2D eigenvalue weighted by Crippen LogP contribution is -2.23. The summed E-state index contributed by atoms with van der Waals surface area (Å²) >= 11 is 4.79. The summed E-state index contributed by atoms with van der Waals surface area (Å²) < 4.78 is 27.1. The first-order valence-corrected chi connectivity index (χ1v) is 7.66. The predicted octanol–water partition coefficient (Wildman–Crippen LogP) is 1.29. The monoisotopic (exact) mass is 336 g/mol. The van der Waals surface area contributed by atoms with E-state index in [1.807, 2.05) is 11.4 Å². The molecule has 0 unspecified atom stereocenters. The molecule has 0 amide bonds. The molecule has 2 aromatic heterocycles. The topological polar surface area (TPSA) is 101 Å². The third-order valence-electron chi connectivity index (χ3n) is 2.04. The average Bonchev–Trinajstić information content (AvgIpc) is 2.85. The lowest BCUT2D eigenvalue weighted by molar-refractivity contribution is 0.582. The first kappa shape index (κ1) is 12.6. The number of aromatic amines is 1. The number of nitrogens with two attached hydrogens (primary N) is 1. The van der Waals surface area contributed by atoms with Gasteiger partial charge in [0.05, 0.1) is 6.20 Å². The van der Waals surface area contributed by atoms with Gasteiger partial charge in [-0.3, -0.25) is 5.10 Å². The van der Waals surface area contributed by atoms with Crippen LogP contribution in [0.2, 0.25) is 0 Å². The molecule has 2 aromatic rings. The van der Waals surface area contributed by atoms with Crippen molar-refractivity contribution in [1.29, 1.82) is 0 Å². The molecule has 0 spiro atoms. The first-order chi connectivity index (χ1) is 8.00. The van der Waals surface area contributed by atoms with Crippen molar-refractivity contribution < 1.29 is 8.42 Å². The van der Waals surface area contributed by atoms with Crippen molar-refractivity contribution in [2.24, 2.45) is 0 Å². The second kappa shape index (κ2) is 4.77. The Bertz CT molecular complexity index is 619. The van der Waals surface area contributed by atoms with Crippen LogP contribution in [0.1, 0.15) is 4.88 Å². The van der Waals surface area contributed by atoms with Gasteiger partial charge >= 0.3 is 0 Å². The number of rotatable bonds is 4. The Morgan fingerprint density at radius 3 is 2.88 bits per heavy atom. The zero-order valence-corrected chi connectivity index (χ0v) is 11.7. The number of sulfonamides is 1. The third-order valence-corrected chi connectivity index (χ3v) is 5.39. The minimum absolute atomic E-state index is 0.0303. The number of halogens is 1. The van der Waals surface area contributed by atoms with E-state index in [9.17, 15) is 8.42 Å². The molecule has 0 radical (unpaired) electrons. The Hall–Kier alpha value is -0.900. The predicted molar refractivity (Wildman–Crippen MR) is 69.0 cm³/mol. The molecule has 0 saturated heterocycles. The van der Waals surface area contributed by atoms with Crippen LogP contribution in [-0.2, 0) is 16.6 Å². The van der Waals surface area contributed by atoms with Gasteiger partial charge < -0.3 is 5.73 Å². The second-order valence-electron chi connectivity index (χ2n) is 3.16. The third kappa shape index (κ3) is 2.68.